The minimum Gasteiger partial charge on any atom is -0.397 e. The van der Waals surface area contributed by atoms with E-state index < -0.39 is 0 Å². The number of likely N-dealkylation sites (N-methyl/N-ethyl adjacent to an activating group) is 1. The first-order valence-electron chi connectivity index (χ1n) is 4.87. The predicted octanol–water partition coefficient (Wildman–Crippen LogP) is 1.74. The molecule has 0 radical (unpaired) electrons. The third kappa shape index (κ3) is 0.816. The van der Waals surface area contributed by atoms with Gasteiger partial charge in [0.05, 0.1) is 16.9 Å². The van der Waals surface area contributed by atoms with Crippen molar-refractivity contribution in [2.75, 3.05) is 24.2 Å². The lowest BCUT2D eigenvalue weighted by Crippen LogP contribution is -2.13. The molecule has 1 aliphatic heterocycles. The maximum Gasteiger partial charge on any atom is 0.0651 e. The van der Waals surface area contributed by atoms with Crippen LogP contribution in [0.5, 0.6) is 0 Å². The lowest BCUT2D eigenvalue weighted by Gasteiger charge is -2.14. The van der Waals surface area contributed by atoms with Gasteiger partial charge < -0.3 is 15.6 Å². The molecule has 2 aromatic rings. The number of aromatic nitrogens is 1. The Hall–Kier alpha value is -1.64. The molecule has 0 fully saturated rings. The fraction of sp³-hybridized carbons (Fsp3) is 0.273. The van der Waals surface area contributed by atoms with Crippen LogP contribution in [0.2, 0.25) is 0 Å². The second kappa shape index (κ2) is 2.44. The number of nitrogen functional groups attached to an aromatic ring is 1. The van der Waals surface area contributed by atoms with Crippen LogP contribution in [0.25, 0.3) is 10.9 Å². The van der Waals surface area contributed by atoms with E-state index in [0.29, 0.717) is 0 Å². The lowest BCUT2D eigenvalue weighted by molar-refractivity contribution is 0.957. The minimum atomic E-state index is 0.895. The molecule has 0 saturated carbocycles. The van der Waals surface area contributed by atoms with Crippen LogP contribution < -0.4 is 10.6 Å². The van der Waals surface area contributed by atoms with Crippen LogP contribution in [0, 0.1) is 0 Å². The molecule has 1 aromatic carbocycles. The summed E-state index contributed by atoms with van der Waals surface area (Å²) in [6.45, 7) is 1.07. The number of rotatable bonds is 0. The number of hydrogen-bond donors (Lipinski definition) is 2. The van der Waals surface area contributed by atoms with Crippen LogP contribution >= 0.6 is 0 Å². The van der Waals surface area contributed by atoms with Gasteiger partial charge in [0.15, 0.2) is 0 Å². The molecule has 1 aliphatic rings. The summed E-state index contributed by atoms with van der Waals surface area (Å²) in [5.41, 5.74) is 10.8. The summed E-state index contributed by atoms with van der Waals surface area (Å²) in [7, 11) is 2.09. The van der Waals surface area contributed by atoms with Crippen molar-refractivity contribution in [2.45, 2.75) is 6.42 Å². The molecule has 0 spiro atoms. The Morgan fingerprint density at radius 2 is 2.36 bits per heavy atom. The zero-order valence-electron chi connectivity index (χ0n) is 8.17. The van der Waals surface area contributed by atoms with Crippen LogP contribution in [-0.4, -0.2) is 18.6 Å². The molecule has 0 bridgehead atoms. The van der Waals surface area contributed by atoms with E-state index in [0.717, 1.165) is 18.7 Å². The number of nitrogens with two attached hydrogens (primary N) is 1. The van der Waals surface area contributed by atoms with Gasteiger partial charge in [-0.05, 0) is 18.6 Å². The Bertz CT molecular complexity index is 498. The Labute approximate surface area is 82.5 Å². The van der Waals surface area contributed by atoms with Crippen LogP contribution in [0.15, 0.2) is 18.3 Å². The first-order valence-corrected chi connectivity index (χ1v) is 4.87. The number of nitrogens with zero attached hydrogens (tertiary/aromatic N) is 1. The second-order valence-electron chi connectivity index (χ2n) is 3.91. The summed E-state index contributed by atoms with van der Waals surface area (Å²) in [6.07, 6.45) is 3.07. The maximum absolute atomic E-state index is 6.03. The third-order valence-corrected chi connectivity index (χ3v) is 3.03. The van der Waals surface area contributed by atoms with Gasteiger partial charge in [-0.25, -0.2) is 0 Å². The van der Waals surface area contributed by atoms with Gasteiger partial charge in [-0.15, -0.1) is 0 Å². The van der Waals surface area contributed by atoms with Crippen LogP contribution in [0.3, 0.4) is 0 Å². The highest BCUT2D eigenvalue weighted by Gasteiger charge is 2.21. The van der Waals surface area contributed by atoms with Gasteiger partial charge >= 0.3 is 0 Å². The molecule has 0 saturated heterocycles. The van der Waals surface area contributed by atoms with Gasteiger partial charge in [0.1, 0.15) is 0 Å². The number of aromatic amines is 1. The average molecular weight is 187 g/mol. The molecule has 2 heterocycles. The molecule has 14 heavy (non-hydrogen) atoms. The van der Waals surface area contributed by atoms with Crippen molar-refractivity contribution in [1.29, 1.82) is 0 Å². The van der Waals surface area contributed by atoms with Crippen LogP contribution in [0.4, 0.5) is 11.4 Å². The fourth-order valence-electron chi connectivity index (χ4n) is 2.38. The first-order chi connectivity index (χ1) is 6.77. The van der Waals surface area contributed by atoms with Gasteiger partial charge in [-0.2, -0.15) is 0 Å². The molecule has 1 aromatic heterocycles. The molecule has 3 heteroatoms. The summed E-state index contributed by atoms with van der Waals surface area (Å²) in [5, 5.41) is 1.22. The molecular weight excluding hydrogens is 174 g/mol. The first kappa shape index (κ1) is 7.74. The Morgan fingerprint density at radius 3 is 3.21 bits per heavy atom. The van der Waals surface area contributed by atoms with Crippen molar-refractivity contribution in [3.63, 3.8) is 0 Å². The largest absolute Gasteiger partial charge is 0.397 e. The third-order valence-electron chi connectivity index (χ3n) is 3.03. The van der Waals surface area contributed by atoms with E-state index in [-0.39, 0.29) is 0 Å². The summed E-state index contributed by atoms with van der Waals surface area (Å²) in [6, 6.07) is 4.12. The highest BCUT2D eigenvalue weighted by atomic mass is 15.1. The van der Waals surface area contributed by atoms with Gasteiger partial charge in [-0.1, -0.05) is 0 Å². The number of H-pyrrole nitrogens is 1. The van der Waals surface area contributed by atoms with Crippen molar-refractivity contribution in [1.82, 2.24) is 4.98 Å². The van der Waals surface area contributed by atoms with Crippen LogP contribution in [-0.2, 0) is 6.42 Å². The van der Waals surface area contributed by atoms with Crippen molar-refractivity contribution < 1.29 is 0 Å². The molecule has 3 nitrogen and oxygen atoms in total. The summed E-state index contributed by atoms with van der Waals surface area (Å²) in [5.74, 6) is 0. The predicted molar refractivity (Wildman–Crippen MR) is 59.7 cm³/mol. The SMILES string of the molecule is CN1CCc2c1c(N)cc1cc[nH]c21. The Balaban J connectivity index is 2.44. The van der Waals surface area contributed by atoms with Gasteiger partial charge in [0, 0.05) is 30.7 Å². The molecule has 0 amide bonds. The summed E-state index contributed by atoms with van der Waals surface area (Å²) < 4.78 is 0. The van der Waals surface area contributed by atoms with E-state index in [1.807, 2.05) is 12.3 Å². The highest BCUT2D eigenvalue weighted by Crippen LogP contribution is 2.37. The molecule has 0 atom stereocenters. The van der Waals surface area contributed by atoms with Crippen molar-refractivity contribution >= 4 is 22.3 Å². The highest BCUT2D eigenvalue weighted by molar-refractivity contribution is 5.95. The second-order valence-corrected chi connectivity index (χ2v) is 3.91. The van der Waals surface area contributed by atoms with Gasteiger partial charge in [0.2, 0.25) is 0 Å². The average Bonchev–Trinajstić information content (AvgIpc) is 2.71. The number of benzene rings is 1. The zero-order chi connectivity index (χ0) is 9.71. The van der Waals surface area contributed by atoms with E-state index in [2.05, 4.69) is 23.0 Å². The van der Waals surface area contributed by atoms with Gasteiger partial charge in [0.25, 0.3) is 0 Å². The smallest absolute Gasteiger partial charge is 0.0651 e. The van der Waals surface area contributed by atoms with Crippen LogP contribution in [0.1, 0.15) is 5.56 Å². The quantitative estimate of drug-likeness (QED) is 0.617. The summed E-state index contributed by atoms with van der Waals surface area (Å²) in [4.78, 5) is 5.51. The maximum atomic E-state index is 6.03. The van der Waals surface area contributed by atoms with E-state index in [9.17, 15) is 0 Å². The van der Waals surface area contributed by atoms with Crippen molar-refractivity contribution in [3.05, 3.63) is 23.9 Å². The Kier molecular flexibility index (Phi) is 1.35. The number of nitrogens with one attached hydrogen (secondary N) is 1. The molecule has 0 unspecified atom stereocenters. The molecule has 3 rings (SSSR count). The normalized spacial score (nSPS) is 15.1. The monoisotopic (exact) mass is 187 g/mol. The van der Waals surface area contributed by atoms with Crippen molar-refractivity contribution in [3.8, 4) is 0 Å². The minimum absolute atomic E-state index is 0.895. The van der Waals surface area contributed by atoms with E-state index in [1.54, 1.807) is 0 Å². The van der Waals surface area contributed by atoms with E-state index in [1.165, 1.54) is 22.2 Å². The van der Waals surface area contributed by atoms with E-state index >= 15 is 0 Å². The molecule has 3 N–H and O–H groups in total. The van der Waals surface area contributed by atoms with E-state index in [4.69, 9.17) is 5.73 Å². The fourth-order valence-corrected chi connectivity index (χ4v) is 2.38. The molecule has 72 valence electrons. The topological polar surface area (TPSA) is 45.0 Å². The standard InChI is InChI=1S/C11H13N3/c1-14-5-3-8-10-7(2-4-13-10)6-9(12)11(8)14/h2,4,6,13H,3,5,12H2,1H3. The van der Waals surface area contributed by atoms with Gasteiger partial charge in [-0.3, -0.25) is 0 Å². The summed E-state index contributed by atoms with van der Waals surface area (Å²) >= 11 is 0. The Morgan fingerprint density at radius 1 is 1.50 bits per heavy atom. The van der Waals surface area contributed by atoms with Crippen molar-refractivity contribution in [2.24, 2.45) is 0 Å². The molecular formula is C11H13N3. The zero-order valence-corrected chi connectivity index (χ0v) is 8.17. The number of hydrogen-bond acceptors (Lipinski definition) is 2. The number of anilines is 2. The lowest BCUT2D eigenvalue weighted by atomic mass is 10.1. The molecule has 0 aliphatic carbocycles. The number of fused-ring (bicyclic) bond motifs is 3.